The maximum atomic E-state index is 12.6. The number of rotatable bonds is 3. The predicted octanol–water partition coefficient (Wildman–Crippen LogP) is 1.42. The second-order valence-electron chi connectivity index (χ2n) is 6.32. The summed E-state index contributed by atoms with van der Waals surface area (Å²) in [5.74, 6) is -0.347. The SMILES string of the molecule is Cc1nn(CC(=O)N(C)C2(C#N)CCCCC2)c(=O)c(C#N)c1C. The molecule has 0 saturated heterocycles. The van der Waals surface area contributed by atoms with E-state index >= 15 is 0 Å². The van der Waals surface area contributed by atoms with Crippen LogP contribution >= 0.6 is 0 Å². The summed E-state index contributed by atoms with van der Waals surface area (Å²) in [5.41, 5.74) is -0.311. The molecule has 7 heteroatoms. The van der Waals surface area contributed by atoms with E-state index < -0.39 is 11.1 Å². The molecule has 1 fully saturated rings. The van der Waals surface area contributed by atoms with Crippen LogP contribution in [0.15, 0.2) is 4.79 Å². The lowest BCUT2D eigenvalue weighted by atomic mass is 9.81. The van der Waals surface area contributed by atoms with Crippen LogP contribution in [0.3, 0.4) is 0 Å². The van der Waals surface area contributed by atoms with Crippen molar-refractivity contribution >= 4 is 5.91 Å². The van der Waals surface area contributed by atoms with Gasteiger partial charge in [-0.25, -0.2) is 4.68 Å². The summed E-state index contributed by atoms with van der Waals surface area (Å²) in [6.07, 6.45) is 4.17. The van der Waals surface area contributed by atoms with Gasteiger partial charge in [0.1, 0.15) is 23.7 Å². The lowest BCUT2D eigenvalue weighted by Gasteiger charge is -2.39. The van der Waals surface area contributed by atoms with Gasteiger partial charge in [-0.3, -0.25) is 9.59 Å². The second-order valence-corrected chi connectivity index (χ2v) is 6.32. The Morgan fingerprint density at radius 3 is 2.46 bits per heavy atom. The first-order valence-corrected chi connectivity index (χ1v) is 8.02. The summed E-state index contributed by atoms with van der Waals surface area (Å²) < 4.78 is 1.02. The van der Waals surface area contributed by atoms with Gasteiger partial charge in [0.2, 0.25) is 5.91 Å². The number of aryl methyl sites for hydroxylation is 1. The molecule has 126 valence electrons. The van der Waals surface area contributed by atoms with Crippen molar-refractivity contribution in [2.24, 2.45) is 0 Å². The van der Waals surface area contributed by atoms with Gasteiger partial charge in [-0.2, -0.15) is 15.6 Å². The number of nitriles is 2. The van der Waals surface area contributed by atoms with Crippen molar-refractivity contribution in [2.45, 2.75) is 58.0 Å². The summed E-state index contributed by atoms with van der Waals surface area (Å²) in [7, 11) is 1.61. The number of aromatic nitrogens is 2. The second kappa shape index (κ2) is 6.84. The fraction of sp³-hybridized carbons (Fsp3) is 0.588. The third-order valence-electron chi connectivity index (χ3n) is 4.94. The molecule has 0 bridgehead atoms. The zero-order valence-corrected chi connectivity index (χ0v) is 14.3. The lowest BCUT2D eigenvalue weighted by molar-refractivity contribution is -0.135. The Kier molecular flexibility index (Phi) is 5.04. The van der Waals surface area contributed by atoms with Gasteiger partial charge >= 0.3 is 0 Å². The standard InChI is InChI=1S/C17H21N5O2/c1-12-13(2)20-22(16(24)14(12)9-18)10-15(23)21(3)17(11-19)7-5-4-6-8-17/h4-8,10H2,1-3H3. The summed E-state index contributed by atoms with van der Waals surface area (Å²) >= 11 is 0. The number of hydrogen-bond donors (Lipinski definition) is 0. The third-order valence-corrected chi connectivity index (χ3v) is 4.94. The minimum atomic E-state index is -0.809. The van der Waals surface area contributed by atoms with Crippen LogP contribution < -0.4 is 5.56 Å². The molecule has 0 aliphatic heterocycles. The first-order valence-electron chi connectivity index (χ1n) is 8.02. The highest BCUT2D eigenvalue weighted by atomic mass is 16.2. The van der Waals surface area contributed by atoms with Gasteiger partial charge in [-0.15, -0.1) is 0 Å². The molecule has 24 heavy (non-hydrogen) atoms. The smallest absolute Gasteiger partial charge is 0.285 e. The van der Waals surface area contributed by atoms with E-state index in [0.29, 0.717) is 24.1 Å². The van der Waals surface area contributed by atoms with Crippen molar-refractivity contribution in [3.05, 3.63) is 27.2 Å². The molecule has 0 aromatic carbocycles. The van der Waals surface area contributed by atoms with Crippen LogP contribution in [0.25, 0.3) is 0 Å². The Hall–Kier alpha value is -2.67. The first-order chi connectivity index (χ1) is 11.4. The molecule has 0 unspecified atom stereocenters. The van der Waals surface area contributed by atoms with Gasteiger partial charge in [0.05, 0.1) is 11.8 Å². The maximum absolute atomic E-state index is 12.6. The number of nitrogens with zero attached hydrogens (tertiary/aromatic N) is 5. The van der Waals surface area contributed by atoms with E-state index in [4.69, 9.17) is 5.26 Å². The van der Waals surface area contributed by atoms with E-state index in [-0.39, 0.29) is 18.0 Å². The normalized spacial score (nSPS) is 16.0. The number of hydrogen-bond acceptors (Lipinski definition) is 5. The molecule has 7 nitrogen and oxygen atoms in total. The summed E-state index contributed by atoms with van der Waals surface area (Å²) in [5, 5.41) is 22.8. The molecule has 0 spiro atoms. The largest absolute Gasteiger partial charge is 0.325 e. The monoisotopic (exact) mass is 327 g/mol. The van der Waals surface area contributed by atoms with Crippen molar-refractivity contribution in [3.8, 4) is 12.1 Å². The highest BCUT2D eigenvalue weighted by molar-refractivity contribution is 5.77. The maximum Gasteiger partial charge on any atom is 0.285 e. The molecule has 1 aromatic heterocycles. The molecule has 1 aliphatic rings. The molecule has 0 atom stereocenters. The van der Waals surface area contributed by atoms with Gasteiger partial charge in [-0.1, -0.05) is 19.3 Å². The first kappa shape index (κ1) is 17.7. The highest BCUT2D eigenvalue weighted by Gasteiger charge is 2.38. The third kappa shape index (κ3) is 3.03. The number of amides is 1. The van der Waals surface area contributed by atoms with Crippen molar-refractivity contribution in [1.29, 1.82) is 10.5 Å². The molecule has 2 rings (SSSR count). The zero-order chi connectivity index (χ0) is 17.9. The Morgan fingerprint density at radius 2 is 1.92 bits per heavy atom. The lowest BCUT2D eigenvalue weighted by Crippen LogP contribution is -2.51. The van der Waals surface area contributed by atoms with E-state index in [1.165, 1.54) is 4.90 Å². The van der Waals surface area contributed by atoms with Crippen LogP contribution in [0.5, 0.6) is 0 Å². The average Bonchev–Trinajstić information content (AvgIpc) is 2.60. The van der Waals surface area contributed by atoms with Crippen LogP contribution in [0.4, 0.5) is 0 Å². The molecule has 1 saturated carbocycles. The Labute approximate surface area is 141 Å². The fourth-order valence-electron chi connectivity index (χ4n) is 3.14. The van der Waals surface area contributed by atoms with Crippen LogP contribution in [-0.2, 0) is 11.3 Å². The van der Waals surface area contributed by atoms with Crippen molar-refractivity contribution < 1.29 is 4.79 Å². The molecule has 1 aromatic rings. The van der Waals surface area contributed by atoms with Gasteiger partial charge in [0.25, 0.3) is 5.56 Å². The minimum Gasteiger partial charge on any atom is -0.325 e. The Balaban J connectivity index is 2.30. The van der Waals surface area contributed by atoms with Gasteiger partial charge in [-0.05, 0) is 32.3 Å². The molecule has 1 aliphatic carbocycles. The van der Waals surface area contributed by atoms with Gasteiger partial charge < -0.3 is 4.90 Å². The van der Waals surface area contributed by atoms with E-state index in [0.717, 1.165) is 23.9 Å². The van der Waals surface area contributed by atoms with E-state index in [1.807, 2.05) is 6.07 Å². The topological polar surface area (TPSA) is 103 Å². The van der Waals surface area contributed by atoms with Crippen molar-refractivity contribution in [3.63, 3.8) is 0 Å². The molecule has 1 amide bonds. The Morgan fingerprint density at radius 1 is 1.29 bits per heavy atom. The predicted molar refractivity (Wildman–Crippen MR) is 86.9 cm³/mol. The summed E-state index contributed by atoms with van der Waals surface area (Å²) in [4.78, 5) is 26.4. The van der Waals surface area contributed by atoms with Crippen molar-refractivity contribution in [2.75, 3.05) is 7.05 Å². The summed E-state index contributed by atoms with van der Waals surface area (Å²) in [6.45, 7) is 3.08. The fourth-order valence-corrected chi connectivity index (χ4v) is 3.14. The van der Waals surface area contributed by atoms with Crippen LogP contribution in [0.1, 0.15) is 48.9 Å². The molecular formula is C17H21N5O2. The van der Waals surface area contributed by atoms with Crippen LogP contribution in [-0.4, -0.2) is 33.2 Å². The van der Waals surface area contributed by atoms with E-state index in [1.54, 1.807) is 20.9 Å². The number of likely N-dealkylation sites (N-methyl/N-ethyl adjacent to an activating group) is 1. The molecular weight excluding hydrogens is 306 g/mol. The van der Waals surface area contributed by atoms with Crippen molar-refractivity contribution in [1.82, 2.24) is 14.7 Å². The van der Waals surface area contributed by atoms with Gasteiger partial charge in [0.15, 0.2) is 0 Å². The Bertz CT molecular complexity index is 791. The van der Waals surface area contributed by atoms with Crippen LogP contribution in [0.2, 0.25) is 0 Å². The number of carbonyl (C=O) groups is 1. The molecule has 0 radical (unpaired) electrons. The highest BCUT2D eigenvalue weighted by Crippen LogP contribution is 2.32. The van der Waals surface area contributed by atoms with E-state index in [9.17, 15) is 14.9 Å². The molecule has 0 N–H and O–H groups in total. The van der Waals surface area contributed by atoms with Crippen LogP contribution in [0, 0.1) is 36.5 Å². The molecule has 1 heterocycles. The minimum absolute atomic E-state index is 0.00520. The zero-order valence-electron chi connectivity index (χ0n) is 14.3. The quantitative estimate of drug-likeness (QED) is 0.835. The average molecular weight is 327 g/mol. The van der Waals surface area contributed by atoms with Gasteiger partial charge in [0, 0.05) is 7.05 Å². The van der Waals surface area contributed by atoms with E-state index in [2.05, 4.69) is 11.2 Å². The summed E-state index contributed by atoms with van der Waals surface area (Å²) in [6, 6.07) is 4.17. The number of carbonyl (C=O) groups excluding carboxylic acids is 1.